The van der Waals surface area contributed by atoms with Crippen LogP contribution in [0.4, 0.5) is 0 Å². The van der Waals surface area contributed by atoms with Gasteiger partial charge in [0.1, 0.15) is 11.6 Å². The Hall–Kier alpha value is -6.35. The Balaban J connectivity index is 0.00000747. The third kappa shape index (κ3) is 9.09. The molecule has 0 spiro atoms. The van der Waals surface area contributed by atoms with Gasteiger partial charge in [-0.2, -0.15) is 0 Å². The van der Waals surface area contributed by atoms with Crippen molar-refractivity contribution in [1.29, 1.82) is 0 Å². The van der Waals surface area contributed by atoms with Crippen molar-refractivity contribution in [3.63, 3.8) is 0 Å². The molecule has 5 heteroatoms. The Bertz CT molecular complexity index is 3520. The number of hydrogen-bond donors (Lipinski definition) is 1. The van der Waals surface area contributed by atoms with Gasteiger partial charge in [-0.15, -0.1) is 29.3 Å². The van der Waals surface area contributed by atoms with Crippen molar-refractivity contribution in [3.8, 4) is 78.6 Å². The van der Waals surface area contributed by atoms with Crippen molar-refractivity contribution in [1.82, 2.24) is 14.5 Å². The zero-order valence-electron chi connectivity index (χ0n) is 47.2. The maximum atomic E-state index is 12.1. The molecule has 0 atom stereocenters. The fourth-order valence-electron chi connectivity index (χ4n) is 8.47. The molecule has 9 aromatic rings. The van der Waals surface area contributed by atoms with Crippen molar-refractivity contribution in [2.75, 3.05) is 0 Å². The largest absolute Gasteiger partial charge is 0.507 e. The molecule has 0 amide bonds. The van der Waals surface area contributed by atoms with E-state index in [-0.39, 0.29) is 43.2 Å². The van der Waals surface area contributed by atoms with Crippen LogP contribution in [0.2, 0.25) is 0 Å². The first kappa shape index (κ1) is 35.9. The number of nitrogens with zero attached hydrogens (tertiary/aromatic N) is 3. The summed E-state index contributed by atoms with van der Waals surface area (Å²) in [6, 6.07) is 53.8. The minimum Gasteiger partial charge on any atom is -0.507 e. The Morgan fingerprint density at radius 2 is 1.12 bits per heavy atom. The SMILES string of the molecule is [2H]C([2H])([2H])C(c1ccc(-n2c(-c3cc(C(C)(C)C)cc(C)c3O)nc3c(-c4[c-]c(-c5cc(-c6ccc(-c7ccccc7)cc6)ccn5)cc(C(C)(C)C)c4)cccc32)c(-c2ccccc2)c1)(C([2H])([2H])[2H])C([2H])([2H])[2H].[Pt]. The molecule has 0 saturated heterocycles. The van der Waals surface area contributed by atoms with Crippen molar-refractivity contribution in [2.45, 2.75) is 85.3 Å². The predicted octanol–water partition coefficient (Wildman–Crippen LogP) is 16.1. The van der Waals surface area contributed by atoms with Gasteiger partial charge >= 0.3 is 0 Å². The molecule has 0 fully saturated rings. The monoisotopic (exact) mass is 1050 g/mol. The minimum atomic E-state index is -3.49. The van der Waals surface area contributed by atoms with Gasteiger partial charge in [0.15, 0.2) is 0 Å². The topological polar surface area (TPSA) is 50.9 Å². The van der Waals surface area contributed by atoms with Gasteiger partial charge in [0.25, 0.3) is 0 Å². The van der Waals surface area contributed by atoms with Gasteiger partial charge in [0, 0.05) is 50.9 Å². The average molecular weight is 1050 g/mol. The number of aromatic hydroxyl groups is 1. The van der Waals surface area contributed by atoms with Crippen LogP contribution in [-0.2, 0) is 37.3 Å². The molecule has 0 radical (unpaired) electrons. The van der Waals surface area contributed by atoms with E-state index in [4.69, 9.17) is 22.3 Å². The van der Waals surface area contributed by atoms with Crippen LogP contribution >= 0.6 is 0 Å². The second kappa shape index (κ2) is 17.8. The number of aryl methyl sites for hydroxylation is 1. The Morgan fingerprint density at radius 1 is 0.530 bits per heavy atom. The smallest absolute Gasteiger partial charge is 0.148 e. The molecule has 1 N–H and O–H groups in total. The summed E-state index contributed by atoms with van der Waals surface area (Å²) in [5.74, 6) is 0.349. The third-order valence-electron chi connectivity index (χ3n) is 12.2. The maximum Gasteiger partial charge on any atom is 0.148 e. The van der Waals surface area contributed by atoms with Gasteiger partial charge in [0.05, 0.1) is 22.3 Å². The summed E-state index contributed by atoms with van der Waals surface area (Å²) in [5, 5.41) is 12.1. The Labute approximate surface area is 418 Å². The number of hydrogen-bond acceptors (Lipinski definition) is 3. The summed E-state index contributed by atoms with van der Waals surface area (Å²) < 4.78 is 79.3. The zero-order valence-corrected chi connectivity index (χ0v) is 40.5. The number of phenols is 1. The van der Waals surface area contributed by atoms with Gasteiger partial charge in [-0.1, -0.05) is 188 Å². The molecule has 66 heavy (non-hydrogen) atoms. The molecule has 334 valence electrons. The average Bonchev–Trinajstić information content (AvgIpc) is 3.73. The number of imidazole rings is 1. The van der Waals surface area contributed by atoms with Crippen molar-refractivity contribution < 1.29 is 38.5 Å². The summed E-state index contributed by atoms with van der Waals surface area (Å²) in [4.78, 5) is 10.3. The number of aromatic nitrogens is 3. The first-order valence-corrected chi connectivity index (χ1v) is 22.0. The van der Waals surface area contributed by atoms with Gasteiger partial charge in [-0.3, -0.25) is 9.55 Å². The number of para-hydroxylation sites is 1. The van der Waals surface area contributed by atoms with E-state index >= 15 is 0 Å². The van der Waals surface area contributed by atoms with Crippen LogP contribution in [0, 0.1) is 13.0 Å². The van der Waals surface area contributed by atoms with Crippen LogP contribution in [0.1, 0.15) is 96.7 Å². The van der Waals surface area contributed by atoms with Crippen LogP contribution in [0.25, 0.3) is 83.9 Å². The number of phenolic OH excluding ortho intramolecular Hbond substituents is 1. The van der Waals surface area contributed by atoms with Gasteiger partial charge < -0.3 is 5.11 Å². The van der Waals surface area contributed by atoms with Crippen LogP contribution < -0.4 is 0 Å². The fraction of sp³-hybridized carbons (Fsp3) is 0.213. The number of rotatable bonds is 7. The molecular formula is C61H58N3OPt-. The van der Waals surface area contributed by atoms with E-state index in [9.17, 15) is 5.11 Å². The van der Waals surface area contributed by atoms with E-state index in [2.05, 4.69) is 102 Å². The number of pyridine rings is 1. The molecule has 0 aliphatic rings. The van der Waals surface area contributed by atoms with Crippen LogP contribution in [0.3, 0.4) is 0 Å². The molecular weight excluding hydrogens is 986 g/mol. The molecule has 0 aliphatic carbocycles. The van der Waals surface area contributed by atoms with E-state index in [1.807, 2.05) is 78.4 Å². The first-order chi connectivity index (χ1) is 34.7. The zero-order chi connectivity index (χ0) is 53.3. The normalized spacial score (nSPS) is 14.6. The van der Waals surface area contributed by atoms with Crippen LogP contribution in [-0.4, -0.2) is 19.6 Å². The summed E-state index contributed by atoms with van der Waals surface area (Å²) in [5.41, 5.74) is 8.53. The summed E-state index contributed by atoms with van der Waals surface area (Å²) >= 11 is 0. The fourth-order valence-corrected chi connectivity index (χ4v) is 8.47. The number of fused-ring (bicyclic) bond motifs is 1. The van der Waals surface area contributed by atoms with Crippen molar-refractivity contribution in [2.24, 2.45) is 0 Å². The summed E-state index contributed by atoms with van der Waals surface area (Å²) in [6.07, 6.45) is 1.82. The molecule has 4 nitrogen and oxygen atoms in total. The quantitative estimate of drug-likeness (QED) is 0.162. The molecule has 7 aromatic carbocycles. The van der Waals surface area contributed by atoms with E-state index in [1.165, 1.54) is 12.1 Å². The third-order valence-corrected chi connectivity index (χ3v) is 12.2. The molecule has 0 aliphatic heterocycles. The second-order valence-corrected chi connectivity index (χ2v) is 19.1. The van der Waals surface area contributed by atoms with E-state index < -0.39 is 26.0 Å². The Kier molecular flexibility index (Phi) is 9.67. The molecule has 2 aromatic heterocycles. The Morgan fingerprint density at radius 3 is 1.77 bits per heavy atom. The van der Waals surface area contributed by atoms with Crippen molar-refractivity contribution in [3.05, 3.63) is 192 Å². The van der Waals surface area contributed by atoms with Crippen molar-refractivity contribution >= 4 is 11.0 Å². The maximum absolute atomic E-state index is 12.1. The van der Waals surface area contributed by atoms with Gasteiger partial charge in [-0.05, 0) is 98.0 Å². The van der Waals surface area contributed by atoms with E-state index in [0.717, 1.165) is 55.8 Å². The first-order valence-electron chi connectivity index (χ1n) is 26.5. The van der Waals surface area contributed by atoms with E-state index in [0.29, 0.717) is 44.8 Å². The van der Waals surface area contributed by atoms with Crippen LogP contribution in [0.5, 0.6) is 5.75 Å². The molecule has 0 unspecified atom stereocenters. The number of benzene rings is 7. The minimum absolute atomic E-state index is 0. The van der Waals surface area contributed by atoms with Gasteiger partial charge in [-0.25, -0.2) is 4.98 Å². The molecule has 9 rings (SSSR count). The van der Waals surface area contributed by atoms with E-state index in [1.54, 1.807) is 30.3 Å². The van der Waals surface area contributed by atoms with Gasteiger partial charge in [0.2, 0.25) is 0 Å². The predicted molar refractivity (Wildman–Crippen MR) is 273 cm³/mol. The second-order valence-electron chi connectivity index (χ2n) is 19.1. The standard InChI is InChI=1S/C61H58N3O.Pt/c1-39-32-48(60(5,6)7)38-52(57(39)65)58-63-56-50(22-17-23-55(56)64(58)54-29-28-47(59(2,3)4)37-51(54)43-20-15-12-16-21-43)45-33-46(35-49(34-45)61(8,9)10)53-36-44(30-31-62-53)42-26-24-41(25-27-42)40-18-13-11-14-19-40;/h11-32,34-38,65H,1-10H3;/q-1;/i2D3,3D3,4D3;. The molecule has 0 saturated carbocycles. The molecule has 2 heterocycles. The summed E-state index contributed by atoms with van der Waals surface area (Å²) in [7, 11) is 0. The molecule has 0 bridgehead atoms. The van der Waals surface area contributed by atoms with Crippen LogP contribution in [0.15, 0.2) is 164 Å². The summed E-state index contributed by atoms with van der Waals surface area (Å²) in [6.45, 7) is 4.11.